The second kappa shape index (κ2) is 7.82. The number of fused-ring (bicyclic) bond motifs is 1. The maximum absolute atomic E-state index is 12.7. The van der Waals surface area contributed by atoms with E-state index in [9.17, 15) is 9.59 Å². The minimum atomic E-state index is -0.217. The summed E-state index contributed by atoms with van der Waals surface area (Å²) < 4.78 is 5.03. The van der Waals surface area contributed by atoms with Gasteiger partial charge >= 0.3 is 6.01 Å². The van der Waals surface area contributed by atoms with Gasteiger partial charge in [0.2, 0.25) is 5.91 Å². The van der Waals surface area contributed by atoms with Crippen molar-refractivity contribution in [3.63, 3.8) is 0 Å². The minimum absolute atomic E-state index is 0.0757. The van der Waals surface area contributed by atoms with E-state index in [1.807, 2.05) is 27.0 Å². The summed E-state index contributed by atoms with van der Waals surface area (Å²) in [7, 11) is 1.84. The van der Waals surface area contributed by atoms with Gasteiger partial charge in [0.15, 0.2) is 5.78 Å². The number of anilines is 2. The SMILES string of the molecule is CCC1=NC(C(C)CC(=O)Nc2ncco2)CC(=O)c2sc(NC)cc21. The molecule has 3 heterocycles. The Morgan fingerprint density at radius 2 is 2.31 bits per heavy atom. The van der Waals surface area contributed by atoms with Crippen LogP contribution >= 0.6 is 11.3 Å². The molecule has 0 spiro atoms. The Balaban J connectivity index is 1.76. The molecule has 2 N–H and O–H groups in total. The van der Waals surface area contributed by atoms with Crippen molar-refractivity contribution in [1.29, 1.82) is 0 Å². The molecule has 0 fully saturated rings. The van der Waals surface area contributed by atoms with Crippen molar-refractivity contribution in [2.45, 2.75) is 39.2 Å². The molecule has 1 aliphatic heterocycles. The highest BCUT2D eigenvalue weighted by molar-refractivity contribution is 7.18. The molecule has 0 aliphatic carbocycles. The molecule has 0 aromatic carbocycles. The molecular weight excluding hydrogens is 352 g/mol. The van der Waals surface area contributed by atoms with Gasteiger partial charge in [-0.15, -0.1) is 11.3 Å². The van der Waals surface area contributed by atoms with Crippen molar-refractivity contribution < 1.29 is 14.0 Å². The first kappa shape index (κ1) is 18.3. The van der Waals surface area contributed by atoms with E-state index in [2.05, 4.69) is 15.6 Å². The Morgan fingerprint density at radius 3 is 2.96 bits per heavy atom. The molecule has 2 atom stereocenters. The predicted molar refractivity (Wildman–Crippen MR) is 102 cm³/mol. The normalized spacial score (nSPS) is 17.9. The van der Waals surface area contributed by atoms with Crippen LogP contribution < -0.4 is 10.6 Å². The molecule has 0 saturated carbocycles. The fraction of sp³-hybridized carbons (Fsp3) is 0.444. The van der Waals surface area contributed by atoms with E-state index < -0.39 is 0 Å². The summed E-state index contributed by atoms with van der Waals surface area (Å²) in [5.41, 5.74) is 1.85. The Morgan fingerprint density at radius 1 is 1.50 bits per heavy atom. The number of Topliss-reactive ketones (excluding diaryl/α,β-unsaturated/α-hetero) is 1. The molecule has 1 amide bonds. The maximum atomic E-state index is 12.7. The van der Waals surface area contributed by atoms with Crippen LogP contribution in [0.25, 0.3) is 0 Å². The molecule has 138 valence electrons. The van der Waals surface area contributed by atoms with Gasteiger partial charge in [0.1, 0.15) is 6.26 Å². The van der Waals surface area contributed by atoms with Crippen LogP contribution in [0.3, 0.4) is 0 Å². The van der Waals surface area contributed by atoms with E-state index in [0.29, 0.717) is 6.42 Å². The molecule has 2 aromatic heterocycles. The lowest BCUT2D eigenvalue weighted by molar-refractivity contribution is -0.117. The number of carbonyl (C=O) groups excluding carboxylic acids is 2. The average molecular weight is 374 g/mol. The van der Waals surface area contributed by atoms with Crippen LogP contribution in [0.4, 0.5) is 11.0 Å². The standard InChI is InChI=1S/C18H22N4O3S/c1-4-12-11-8-16(19-3)26-17(11)14(23)9-13(21-12)10(2)7-15(24)22-18-20-5-6-25-18/h5-6,8,10,13,19H,4,7,9H2,1-3H3,(H,20,22,24). The molecule has 0 bridgehead atoms. The average Bonchev–Trinajstić information content (AvgIpc) is 3.25. The molecule has 0 radical (unpaired) electrons. The second-order valence-electron chi connectivity index (χ2n) is 6.29. The fourth-order valence-electron chi connectivity index (χ4n) is 3.03. The minimum Gasteiger partial charge on any atom is -0.432 e. The van der Waals surface area contributed by atoms with Crippen molar-refractivity contribution in [1.82, 2.24) is 4.98 Å². The molecule has 7 nitrogen and oxygen atoms in total. The zero-order valence-electron chi connectivity index (χ0n) is 15.0. The number of rotatable bonds is 6. The first-order chi connectivity index (χ1) is 12.5. The zero-order valence-corrected chi connectivity index (χ0v) is 15.9. The summed E-state index contributed by atoms with van der Waals surface area (Å²) in [4.78, 5) is 34.4. The Kier molecular flexibility index (Phi) is 5.51. The quantitative estimate of drug-likeness (QED) is 0.805. The molecule has 8 heteroatoms. The first-order valence-corrected chi connectivity index (χ1v) is 9.44. The van der Waals surface area contributed by atoms with Crippen molar-refractivity contribution in [3.8, 4) is 0 Å². The highest BCUT2D eigenvalue weighted by atomic mass is 32.1. The van der Waals surface area contributed by atoms with Gasteiger partial charge in [-0.25, -0.2) is 4.98 Å². The third-order valence-electron chi connectivity index (χ3n) is 4.44. The van der Waals surface area contributed by atoms with Crippen LogP contribution in [-0.2, 0) is 4.79 Å². The van der Waals surface area contributed by atoms with Gasteiger partial charge in [0.05, 0.1) is 22.1 Å². The monoisotopic (exact) mass is 374 g/mol. The van der Waals surface area contributed by atoms with Crippen LogP contribution in [0.5, 0.6) is 0 Å². The van der Waals surface area contributed by atoms with Crippen LogP contribution in [0, 0.1) is 5.92 Å². The number of hydrogen-bond acceptors (Lipinski definition) is 7. The third kappa shape index (κ3) is 3.85. The highest BCUT2D eigenvalue weighted by Crippen LogP contribution is 2.33. The number of nitrogens with one attached hydrogen (secondary N) is 2. The van der Waals surface area contributed by atoms with Crippen molar-refractivity contribution >= 4 is 39.8 Å². The van der Waals surface area contributed by atoms with Gasteiger partial charge in [0.25, 0.3) is 0 Å². The lowest BCUT2D eigenvalue weighted by Gasteiger charge is -2.18. The van der Waals surface area contributed by atoms with Gasteiger partial charge < -0.3 is 9.73 Å². The summed E-state index contributed by atoms with van der Waals surface area (Å²) in [5, 5.41) is 6.67. The van der Waals surface area contributed by atoms with E-state index >= 15 is 0 Å². The van der Waals surface area contributed by atoms with Gasteiger partial charge in [-0.2, -0.15) is 0 Å². The van der Waals surface area contributed by atoms with E-state index in [4.69, 9.17) is 9.41 Å². The van der Waals surface area contributed by atoms with Crippen molar-refractivity contribution in [2.75, 3.05) is 17.7 Å². The number of ketones is 1. The second-order valence-corrected chi connectivity index (χ2v) is 7.35. The van der Waals surface area contributed by atoms with Crippen molar-refractivity contribution in [3.05, 3.63) is 29.0 Å². The van der Waals surface area contributed by atoms with E-state index in [1.54, 1.807) is 0 Å². The molecule has 3 rings (SSSR count). The van der Waals surface area contributed by atoms with Gasteiger partial charge in [-0.05, 0) is 18.4 Å². The predicted octanol–water partition coefficient (Wildman–Crippen LogP) is 3.60. The molecule has 2 aromatic rings. The fourth-order valence-corrected chi connectivity index (χ4v) is 4.01. The number of oxazole rings is 1. The summed E-state index contributed by atoms with van der Waals surface area (Å²) in [6.45, 7) is 3.98. The lowest BCUT2D eigenvalue weighted by Crippen LogP contribution is -2.25. The topological polar surface area (TPSA) is 96.6 Å². The summed E-state index contributed by atoms with van der Waals surface area (Å²) in [6.07, 6.45) is 4.17. The number of aliphatic imine (C=N–C) groups is 1. The maximum Gasteiger partial charge on any atom is 0.301 e. The zero-order chi connectivity index (χ0) is 18.7. The highest BCUT2D eigenvalue weighted by Gasteiger charge is 2.30. The first-order valence-electron chi connectivity index (χ1n) is 8.63. The molecule has 1 aliphatic rings. The number of aromatic nitrogens is 1. The van der Waals surface area contributed by atoms with Crippen LogP contribution in [0.1, 0.15) is 48.3 Å². The Labute approximate surface area is 155 Å². The van der Waals surface area contributed by atoms with Crippen molar-refractivity contribution in [2.24, 2.45) is 10.9 Å². The molecular formula is C18H22N4O3S. The Bertz CT molecular complexity index is 826. The Hall–Kier alpha value is -2.48. The smallest absolute Gasteiger partial charge is 0.301 e. The largest absolute Gasteiger partial charge is 0.432 e. The number of hydrogen-bond donors (Lipinski definition) is 2. The third-order valence-corrected chi connectivity index (χ3v) is 5.63. The van der Waals surface area contributed by atoms with E-state index in [-0.39, 0.29) is 36.1 Å². The molecule has 2 unspecified atom stereocenters. The number of amides is 1. The van der Waals surface area contributed by atoms with E-state index in [0.717, 1.165) is 27.6 Å². The number of carbonyl (C=O) groups is 2. The molecule has 0 saturated heterocycles. The van der Waals surface area contributed by atoms with Gasteiger partial charge in [0, 0.05) is 31.2 Å². The van der Waals surface area contributed by atoms with Gasteiger partial charge in [-0.3, -0.25) is 19.9 Å². The number of thiophene rings is 1. The van der Waals surface area contributed by atoms with Crippen LogP contribution in [-0.4, -0.2) is 35.5 Å². The summed E-state index contributed by atoms with van der Waals surface area (Å²) >= 11 is 1.46. The lowest BCUT2D eigenvalue weighted by atomic mass is 9.94. The number of nitrogens with zero attached hydrogens (tertiary/aromatic N) is 2. The molecule has 26 heavy (non-hydrogen) atoms. The van der Waals surface area contributed by atoms with Crippen LogP contribution in [0.15, 0.2) is 27.9 Å². The summed E-state index contributed by atoms with van der Waals surface area (Å²) in [5.74, 6) is -0.186. The van der Waals surface area contributed by atoms with Crippen LogP contribution in [0.2, 0.25) is 0 Å². The summed E-state index contributed by atoms with van der Waals surface area (Å²) in [6, 6.07) is 1.95. The van der Waals surface area contributed by atoms with Gasteiger partial charge in [-0.1, -0.05) is 13.8 Å². The van der Waals surface area contributed by atoms with E-state index in [1.165, 1.54) is 23.8 Å².